The lowest BCUT2D eigenvalue weighted by molar-refractivity contribution is 0.257. The summed E-state index contributed by atoms with van der Waals surface area (Å²) in [5.74, 6) is 0.657. The van der Waals surface area contributed by atoms with Crippen LogP contribution in [0.2, 0.25) is 0 Å². The molecule has 4 nitrogen and oxygen atoms in total. The Balaban J connectivity index is 2.47. The number of aryl methyl sites for hydroxylation is 1. The monoisotopic (exact) mass is 206 g/mol. The summed E-state index contributed by atoms with van der Waals surface area (Å²) in [7, 11) is 0. The van der Waals surface area contributed by atoms with E-state index in [1.165, 1.54) is 0 Å². The molecule has 2 rings (SSSR count). The number of nitrogens with zero attached hydrogens (tertiary/aromatic N) is 2. The minimum absolute atomic E-state index is 0.0693. The van der Waals surface area contributed by atoms with E-state index in [1.54, 1.807) is 0 Å². The minimum Gasteiger partial charge on any atom is -0.396 e. The molecule has 1 aromatic heterocycles. The summed E-state index contributed by atoms with van der Waals surface area (Å²) in [6, 6.07) is 7.76. The van der Waals surface area contributed by atoms with Crippen LogP contribution in [0.25, 0.3) is 11.0 Å². The molecule has 0 saturated carbocycles. The van der Waals surface area contributed by atoms with E-state index in [0.717, 1.165) is 11.0 Å². The second-order valence-electron chi connectivity index (χ2n) is 3.40. The summed E-state index contributed by atoms with van der Waals surface area (Å²) in [6.07, 6.45) is 0.674. The number of benzene rings is 1. The maximum absolute atomic E-state index is 9.17. The molecule has 0 unspecified atom stereocenters. The lowest BCUT2D eigenvalue weighted by Gasteiger charge is -2.05. The van der Waals surface area contributed by atoms with Gasteiger partial charge >= 0.3 is 0 Å². The van der Waals surface area contributed by atoms with Crippen molar-refractivity contribution in [1.29, 1.82) is 0 Å². The second-order valence-corrected chi connectivity index (χ2v) is 3.40. The Morgan fingerprint density at radius 2 is 2.00 bits per heavy atom. The fraction of sp³-hybridized carbons (Fsp3) is 0.364. The Morgan fingerprint density at radius 3 is 2.73 bits per heavy atom. The summed E-state index contributed by atoms with van der Waals surface area (Å²) in [6.45, 7) is 0.768. The van der Waals surface area contributed by atoms with Crippen molar-refractivity contribution in [2.45, 2.75) is 19.6 Å². The van der Waals surface area contributed by atoms with Gasteiger partial charge in [-0.25, -0.2) is 4.98 Å². The van der Waals surface area contributed by atoms with E-state index >= 15 is 0 Å². The number of fused-ring (bicyclic) bond motifs is 1. The molecule has 0 spiro atoms. The zero-order valence-electron chi connectivity index (χ0n) is 8.43. The van der Waals surface area contributed by atoms with E-state index in [4.69, 9.17) is 5.11 Å². The number of aliphatic hydroxyl groups is 2. The average Bonchev–Trinajstić information content (AvgIpc) is 2.64. The van der Waals surface area contributed by atoms with Crippen LogP contribution in [0.1, 0.15) is 12.2 Å². The van der Waals surface area contributed by atoms with Crippen molar-refractivity contribution in [2.24, 2.45) is 0 Å². The normalized spacial score (nSPS) is 11.1. The lowest BCUT2D eigenvalue weighted by Crippen LogP contribution is -2.05. The molecule has 4 heteroatoms. The Hall–Kier alpha value is -1.39. The zero-order chi connectivity index (χ0) is 10.7. The molecule has 0 saturated heterocycles. The first kappa shape index (κ1) is 10.1. The van der Waals surface area contributed by atoms with Crippen molar-refractivity contribution in [1.82, 2.24) is 9.55 Å². The van der Waals surface area contributed by atoms with Crippen LogP contribution < -0.4 is 0 Å². The Bertz CT molecular complexity index is 451. The molecule has 0 aliphatic rings. The van der Waals surface area contributed by atoms with Crippen LogP contribution in [0, 0.1) is 0 Å². The van der Waals surface area contributed by atoms with Gasteiger partial charge in [-0.15, -0.1) is 0 Å². The fourth-order valence-corrected chi connectivity index (χ4v) is 1.72. The minimum atomic E-state index is -0.0693. The predicted molar refractivity (Wildman–Crippen MR) is 57.4 cm³/mol. The zero-order valence-corrected chi connectivity index (χ0v) is 8.43. The first-order valence-electron chi connectivity index (χ1n) is 5.02. The molecule has 0 bridgehead atoms. The molecule has 2 aromatic rings. The molecular formula is C11H14N2O2. The first-order valence-corrected chi connectivity index (χ1v) is 5.02. The molecule has 80 valence electrons. The molecule has 0 fully saturated rings. The van der Waals surface area contributed by atoms with Gasteiger partial charge in [0.1, 0.15) is 12.4 Å². The third-order valence-corrected chi connectivity index (χ3v) is 2.41. The van der Waals surface area contributed by atoms with Crippen molar-refractivity contribution in [3.63, 3.8) is 0 Å². The van der Waals surface area contributed by atoms with Crippen LogP contribution in [0.3, 0.4) is 0 Å². The Labute approximate surface area is 87.8 Å². The highest BCUT2D eigenvalue weighted by Gasteiger charge is 2.08. The summed E-state index contributed by atoms with van der Waals surface area (Å²) in [5.41, 5.74) is 1.90. The predicted octanol–water partition coefficient (Wildman–Crippen LogP) is 0.911. The molecule has 0 atom stereocenters. The van der Waals surface area contributed by atoms with Crippen molar-refractivity contribution in [3.05, 3.63) is 30.1 Å². The summed E-state index contributed by atoms with van der Waals surface area (Å²) < 4.78 is 1.95. The highest BCUT2D eigenvalue weighted by Crippen LogP contribution is 2.16. The van der Waals surface area contributed by atoms with Gasteiger partial charge in [-0.05, 0) is 18.6 Å². The largest absolute Gasteiger partial charge is 0.396 e. The number of aliphatic hydroxyl groups excluding tert-OH is 2. The van der Waals surface area contributed by atoms with Crippen LogP contribution in [0.15, 0.2) is 24.3 Å². The maximum Gasteiger partial charge on any atom is 0.135 e. The van der Waals surface area contributed by atoms with Crippen LogP contribution >= 0.6 is 0 Å². The van der Waals surface area contributed by atoms with Crippen molar-refractivity contribution in [3.8, 4) is 0 Å². The fourth-order valence-electron chi connectivity index (χ4n) is 1.72. The molecule has 0 aliphatic carbocycles. The summed E-state index contributed by atoms with van der Waals surface area (Å²) in [4.78, 5) is 4.32. The van der Waals surface area contributed by atoms with Gasteiger partial charge in [-0.2, -0.15) is 0 Å². The van der Waals surface area contributed by atoms with Gasteiger partial charge in [0.05, 0.1) is 11.0 Å². The van der Waals surface area contributed by atoms with Gasteiger partial charge in [0.2, 0.25) is 0 Å². The van der Waals surface area contributed by atoms with Gasteiger partial charge in [-0.3, -0.25) is 0 Å². The highest BCUT2D eigenvalue weighted by molar-refractivity contribution is 5.75. The van der Waals surface area contributed by atoms with Gasteiger partial charge in [0, 0.05) is 13.2 Å². The number of hydrogen-bond acceptors (Lipinski definition) is 3. The third-order valence-electron chi connectivity index (χ3n) is 2.41. The van der Waals surface area contributed by atoms with Gasteiger partial charge in [0.15, 0.2) is 0 Å². The van der Waals surface area contributed by atoms with Crippen molar-refractivity contribution >= 4 is 11.0 Å². The standard InChI is InChI=1S/C11H14N2O2/c14-7-3-6-13-10-5-2-1-4-9(10)12-11(13)8-15/h1-2,4-5,14-15H,3,6-8H2. The highest BCUT2D eigenvalue weighted by atomic mass is 16.3. The third kappa shape index (κ3) is 1.86. The SMILES string of the molecule is OCCCn1c(CO)nc2ccccc21. The Morgan fingerprint density at radius 1 is 1.20 bits per heavy atom. The smallest absolute Gasteiger partial charge is 0.135 e. The number of aromatic nitrogens is 2. The summed E-state index contributed by atoms with van der Waals surface area (Å²) in [5, 5.41) is 18.0. The van der Waals surface area contributed by atoms with E-state index < -0.39 is 0 Å². The van der Waals surface area contributed by atoms with E-state index in [2.05, 4.69) is 4.98 Å². The quantitative estimate of drug-likeness (QED) is 0.781. The van der Waals surface area contributed by atoms with Gasteiger partial charge in [0.25, 0.3) is 0 Å². The number of hydrogen-bond donors (Lipinski definition) is 2. The first-order chi connectivity index (χ1) is 7.36. The number of rotatable bonds is 4. The molecule has 0 aliphatic heterocycles. The van der Waals surface area contributed by atoms with E-state index in [-0.39, 0.29) is 13.2 Å². The Kier molecular flexibility index (Phi) is 2.99. The number of imidazole rings is 1. The van der Waals surface area contributed by atoms with Crippen molar-refractivity contribution < 1.29 is 10.2 Å². The van der Waals surface area contributed by atoms with Crippen LogP contribution in [-0.2, 0) is 13.2 Å². The molecule has 1 aromatic carbocycles. The maximum atomic E-state index is 9.17. The van der Waals surface area contributed by atoms with Crippen LogP contribution in [-0.4, -0.2) is 26.4 Å². The van der Waals surface area contributed by atoms with E-state index in [1.807, 2.05) is 28.8 Å². The van der Waals surface area contributed by atoms with Crippen LogP contribution in [0.5, 0.6) is 0 Å². The average molecular weight is 206 g/mol. The molecule has 15 heavy (non-hydrogen) atoms. The summed E-state index contributed by atoms with van der Waals surface area (Å²) >= 11 is 0. The van der Waals surface area contributed by atoms with Gasteiger partial charge < -0.3 is 14.8 Å². The lowest BCUT2D eigenvalue weighted by atomic mass is 10.3. The van der Waals surface area contributed by atoms with E-state index in [0.29, 0.717) is 18.8 Å². The second kappa shape index (κ2) is 4.42. The molecular weight excluding hydrogens is 192 g/mol. The van der Waals surface area contributed by atoms with Gasteiger partial charge in [-0.1, -0.05) is 12.1 Å². The molecule has 2 N–H and O–H groups in total. The molecule has 0 amide bonds. The van der Waals surface area contributed by atoms with E-state index in [9.17, 15) is 5.11 Å². The molecule has 1 heterocycles. The molecule has 0 radical (unpaired) electrons. The number of para-hydroxylation sites is 2. The van der Waals surface area contributed by atoms with Crippen LogP contribution in [0.4, 0.5) is 0 Å². The van der Waals surface area contributed by atoms with Crippen molar-refractivity contribution in [2.75, 3.05) is 6.61 Å². The topological polar surface area (TPSA) is 58.3 Å².